The Labute approximate surface area is 231 Å². The Morgan fingerprint density at radius 2 is 0.474 bits per heavy atom. The molecule has 38 heavy (non-hydrogen) atoms. The van der Waals surface area contributed by atoms with Crippen LogP contribution in [0.25, 0.3) is 44.5 Å². The van der Waals surface area contributed by atoms with Gasteiger partial charge in [-0.3, -0.25) is 0 Å². The van der Waals surface area contributed by atoms with Crippen LogP contribution in [0.5, 0.6) is 0 Å². The minimum absolute atomic E-state index is 0.487. The summed E-state index contributed by atoms with van der Waals surface area (Å²) in [5.74, 6) is 0. The van der Waals surface area contributed by atoms with Crippen LogP contribution in [0, 0.1) is 55.4 Å². The molecule has 190 valence electrons. The molecule has 0 aromatic heterocycles. The number of hydrogen-bond acceptors (Lipinski definition) is 0. The van der Waals surface area contributed by atoms with Crippen LogP contribution >= 0.6 is 0 Å². The first-order chi connectivity index (χ1) is 19.0. The van der Waals surface area contributed by atoms with Crippen LogP contribution in [0.3, 0.4) is 0 Å². The van der Waals surface area contributed by atoms with Gasteiger partial charge in [-0.25, -0.2) is 0 Å². The fourth-order valence-electron chi connectivity index (χ4n) is 6.09. The number of rotatable bonds is 4. The van der Waals surface area contributed by atoms with E-state index in [9.17, 15) is 2.74 Å². The topological polar surface area (TPSA) is 0 Å². The normalized spacial score (nSPS) is 11.9. The van der Waals surface area contributed by atoms with Crippen molar-refractivity contribution in [2.24, 2.45) is 0 Å². The van der Waals surface area contributed by atoms with Crippen molar-refractivity contribution in [2.75, 3.05) is 0 Å². The zero-order chi connectivity index (χ0) is 28.9. The summed E-state index contributed by atoms with van der Waals surface area (Å²) in [4.78, 5) is 0. The van der Waals surface area contributed by atoms with E-state index in [0.29, 0.717) is 12.1 Å². The van der Waals surface area contributed by atoms with Crippen LogP contribution in [0.2, 0.25) is 0 Å². The van der Waals surface area contributed by atoms with E-state index in [1.807, 2.05) is 0 Å². The Balaban J connectivity index is 2.15. The van der Waals surface area contributed by atoms with Gasteiger partial charge < -0.3 is 0 Å². The highest BCUT2D eigenvalue weighted by Gasteiger charge is 2.22. The summed E-state index contributed by atoms with van der Waals surface area (Å²) in [6.45, 7) is 17.0. The van der Waals surface area contributed by atoms with Crippen LogP contribution in [0.1, 0.15) is 47.2 Å². The summed E-state index contributed by atoms with van der Waals surface area (Å²) >= 11 is 0. The van der Waals surface area contributed by atoms with Gasteiger partial charge in [-0.2, -0.15) is 0 Å². The maximum atomic E-state index is 10.1. The maximum Gasteiger partial charge on any atom is 0.0636 e. The van der Waals surface area contributed by atoms with Crippen molar-refractivity contribution in [1.29, 1.82) is 0 Å². The lowest BCUT2D eigenvalue weighted by atomic mass is 9.79. The van der Waals surface area contributed by atoms with Crippen molar-refractivity contribution in [2.45, 2.75) is 55.4 Å². The molecule has 0 radical (unpaired) electrons. The largest absolute Gasteiger partial charge is 0.0636 e. The predicted molar refractivity (Wildman–Crippen MR) is 166 cm³/mol. The third-order valence-electron chi connectivity index (χ3n) is 7.92. The fourth-order valence-corrected chi connectivity index (χ4v) is 6.09. The molecule has 5 aromatic carbocycles. The van der Waals surface area contributed by atoms with Gasteiger partial charge in [-0.1, -0.05) is 72.8 Å². The Morgan fingerprint density at radius 1 is 0.316 bits per heavy atom. The molecule has 0 spiro atoms. The molecule has 0 unspecified atom stereocenters. The smallest absolute Gasteiger partial charge is 0.0617 e. The molecule has 0 aliphatic carbocycles. The van der Waals surface area contributed by atoms with E-state index in [4.69, 9.17) is 0 Å². The van der Waals surface area contributed by atoms with E-state index in [-0.39, 0.29) is 0 Å². The molecule has 0 saturated heterocycles. The van der Waals surface area contributed by atoms with Crippen LogP contribution < -0.4 is 0 Å². The van der Waals surface area contributed by atoms with Crippen LogP contribution in [-0.2, 0) is 0 Å². The molecule has 0 aliphatic heterocycles. The summed E-state index contributed by atoms with van der Waals surface area (Å²) < 4.78 is 20.2. The van der Waals surface area contributed by atoms with Gasteiger partial charge in [-0.05, 0) is 156 Å². The molecule has 0 amide bonds. The molecule has 0 bridgehead atoms. The van der Waals surface area contributed by atoms with Crippen molar-refractivity contribution in [3.63, 3.8) is 0 Å². The molecule has 0 heteroatoms. The minimum atomic E-state index is 0.487. The van der Waals surface area contributed by atoms with Crippen molar-refractivity contribution < 1.29 is 2.74 Å². The Morgan fingerprint density at radius 3 is 0.632 bits per heavy atom. The van der Waals surface area contributed by atoms with E-state index >= 15 is 0 Å². The number of hydrogen-bond donors (Lipinski definition) is 0. The van der Waals surface area contributed by atoms with Gasteiger partial charge in [0.15, 0.2) is 0 Å². The Hall–Kier alpha value is -3.90. The third-order valence-corrected chi connectivity index (χ3v) is 7.92. The average molecular weight is 497 g/mol. The van der Waals surface area contributed by atoms with E-state index in [0.717, 1.165) is 89.0 Å². The highest BCUT2D eigenvalue weighted by molar-refractivity contribution is 5.99. The zero-order valence-corrected chi connectivity index (χ0v) is 23.9. The monoisotopic (exact) mass is 496 g/mol. The molecule has 5 rings (SSSR count). The highest BCUT2D eigenvalue weighted by atomic mass is 14.3. The second-order valence-corrected chi connectivity index (χ2v) is 10.8. The standard InChI is InChI=1S/C38H38/c1-23-13-9-14-24(2)35(23)31-21-33(37-27(5)17-11-18-28(37)6)34(38-29(7)19-12-20-30(38)8)22-32(31)36-25(3)15-10-16-26(36)4/h9-22H,1-8H3/i21D,22D. The number of benzene rings is 5. The van der Waals surface area contributed by atoms with Crippen molar-refractivity contribution in [3.8, 4) is 44.5 Å². The van der Waals surface area contributed by atoms with E-state index in [1.165, 1.54) is 0 Å². The second-order valence-electron chi connectivity index (χ2n) is 10.8. The predicted octanol–water partition coefficient (Wildman–Crippen LogP) is 10.8. The second kappa shape index (κ2) is 10.1. The van der Waals surface area contributed by atoms with E-state index in [1.54, 1.807) is 0 Å². The van der Waals surface area contributed by atoms with Gasteiger partial charge in [0, 0.05) is 0 Å². The zero-order valence-electron chi connectivity index (χ0n) is 25.9. The molecular formula is C38H38. The summed E-state index contributed by atoms with van der Waals surface area (Å²) in [6.07, 6.45) is 0. The molecule has 0 saturated carbocycles. The lowest BCUT2D eigenvalue weighted by molar-refractivity contribution is 1.33. The first-order valence-corrected chi connectivity index (χ1v) is 13.5. The Kier molecular flexibility index (Phi) is 6.18. The average Bonchev–Trinajstić information content (AvgIpc) is 2.88. The van der Waals surface area contributed by atoms with Crippen LogP contribution in [0.15, 0.2) is 84.9 Å². The van der Waals surface area contributed by atoms with Gasteiger partial charge in [0.2, 0.25) is 0 Å². The summed E-state index contributed by atoms with van der Waals surface area (Å²) in [6, 6.07) is 26.3. The molecule has 0 fully saturated rings. The van der Waals surface area contributed by atoms with Crippen LogP contribution in [-0.4, -0.2) is 0 Å². The van der Waals surface area contributed by atoms with Gasteiger partial charge in [0.25, 0.3) is 0 Å². The van der Waals surface area contributed by atoms with Gasteiger partial charge in [0.1, 0.15) is 0 Å². The highest BCUT2D eigenvalue weighted by Crippen LogP contribution is 2.47. The van der Waals surface area contributed by atoms with Gasteiger partial charge in [0.05, 0.1) is 2.74 Å². The molecule has 0 nitrogen and oxygen atoms in total. The maximum absolute atomic E-state index is 10.1. The summed E-state index contributed by atoms with van der Waals surface area (Å²) in [7, 11) is 0. The van der Waals surface area contributed by atoms with Crippen molar-refractivity contribution in [1.82, 2.24) is 0 Å². The molecular weight excluding hydrogens is 456 g/mol. The van der Waals surface area contributed by atoms with Gasteiger partial charge in [-0.15, -0.1) is 0 Å². The molecule has 0 atom stereocenters. The third kappa shape index (κ3) is 4.39. The first kappa shape index (κ1) is 23.2. The minimum Gasteiger partial charge on any atom is -0.0617 e. The van der Waals surface area contributed by atoms with Crippen LogP contribution in [0.4, 0.5) is 0 Å². The molecule has 0 aliphatic rings. The molecule has 0 heterocycles. The number of aryl methyl sites for hydroxylation is 8. The van der Waals surface area contributed by atoms with E-state index in [2.05, 4.69) is 128 Å². The molecule has 0 N–H and O–H groups in total. The van der Waals surface area contributed by atoms with E-state index < -0.39 is 0 Å². The quantitative estimate of drug-likeness (QED) is 0.232. The van der Waals surface area contributed by atoms with Crippen molar-refractivity contribution in [3.05, 3.63) is 129 Å². The summed E-state index contributed by atoms with van der Waals surface area (Å²) in [5.41, 5.74) is 16.6. The first-order valence-electron chi connectivity index (χ1n) is 14.5. The SMILES string of the molecule is [2H]c1c(-c2c(C)cccc2C)c(-c2c(C)cccc2C)c([2H])c(-c2c(C)cccc2C)c1-c1c(C)cccc1C. The Bertz CT molecular complexity index is 1450. The summed E-state index contributed by atoms with van der Waals surface area (Å²) in [5, 5.41) is 0. The van der Waals surface area contributed by atoms with Gasteiger partial charge >= 0.3 is 0 Å². The van der Waals surface area contributed by atoms with Crippen molar-refractivity contribution >= 4 is 0 Å². The molecule has 5 aromatic rings. The lowest BCUT2D eigenvalue weighted by Gasteiger charge is -2.24. The lowest BCUT2D eigenvalue weighted by Crippen LogP contribution is -2.00. The fraction of sp³-hybridized carbons (Fsp3) is 0.211.